The molecule has 0 atom stereocenters. The van der Waals surface area contributed by atoms with Gasteiger partial charge in [0.15, 0.2) is 0 Å². The summed E-state index contributed by atoms with van der Waals surface area (Å²) in [6.45, 7) is 7.52. The summed E-state index contributed by atoms with van der Waals surface area (Å²) in [5.74, 6) is -0.219. The lowest BCUT2D eigenvalue weighted by Gasteiger charge is -2.22. The highest BCUT2D eigenvalue weighted by atomic mass is 16.3. The molecule has 0 aliphatic heterocycles. The number of aliphatic hydroxyl groups is 1. The topological polar surface area (TPSA) is 64.9 Å². The lowest BCUT2D eigenvalue weighted by Crippen LogP contribution is -2.26. The zero-order chi connectivity index (χ0) is 18.2. The Morgan fingerprint density at radius 3 is 2.60 bits per heavy atom. The Kier molecular flexibility index (Phi) is 6.71. The van der Waals surface area contributed by atoms with Gasteiger partial charge >= 0.3 is 0 Å². The fourth-order valence-corrected chi connectivity index (χ4v) is 2.64. The van der Waals surface area contributed by atoms with Gasteiger partial charge in [-0.25, -0.2) is 5.43 Å². The second-order valence-corrected chi connectivity index (χ2v) is 5.86. The van der Waals surface area contributed by atoms with Crippen LogP contribution in [0.1, 0.15) is 34.0 Å². The highest BCUT2D eigenvalue weighted by Crippen LogP contribution is 2.18. The van der Waals surface area contributed by atoms with E-state index in [1.54, 1.807) is 12.3 Å². The molecule has 0 fully saturated rings. The van der Waals surface area contributed by atoms with Crippen molar-refractivity contribution in [1.29, 1.82) is 0 Å². The first-order chi connectivity index (χ1) is 12.1. The molecule has 0 saturated heterocycles. The molecule has 5 heteroatoms. The summed E-state index contributed by atoms with van der Waals surface area (Å²) < 4.78 is 0. The molecule has 0 aromatic heterocycles. The molecule has 25 heavy (non-hydrogen) atoms. The third-order valence-corrected chi connectivity index (χ3v) is 4.13. The summed E-state index contributed by atoms with van der Waals surface area (Å²) in [4.78, 5) is 14.2. The quantitative estimate of drug-likeness (QED) is 0.602. The third-order valence-electron chi connectivity index (χ3n) is 4.13. The summed E-state index contributed by atoms with van der Waals surface area (Å²) in [5.41, 5.74) is 7.17. The minimum atomic E-state index is -0.219. The maximum Gasteiger partial charge on any atom is 0.271 e. The van der Waals surface area contributed by atoms with Crippen LogP contribution < -0.4 is 10.3 Å². The lowest BCUT2D eigenvalue weighted by atomic mass is 10.1. The van der Waals surface area contributed by atoms with Crippen LogP contribution in [0.15, 0.2) is 47.6 Å². The number of likely N-dealkylation sites (N-methyl/N-ethyl adjacent to an activating group) is 1. The molecule has 0 saturated carbocycles. The molecule has 1 amide bonds. The van der Waals surface area contributed by atoms with Crippen molar-refractivity contribution in [1.82, 2.24) is 5.43 Å². The van der Waals surface area contributed by atoms with Crippen LogP contribution in [0.2, 0.25) is 0 Å². The predicted molar refractivity (Wildman–Crippen MR) is 102 cm³/mol. The van der Waals surface area contributed by atoms with Crippen LogP contribution in [0.25, 0.3) is 0 Å². The standard InChI is InChI=1S/C20H25N3O2/c1-4-23(11-12-24)18-10-9-17(16(3)13-18)14-21-22-20(25)19-8-6-5-7-15(19)2/h5-10,13-14,24H,4,11-12H2,1-3H3,(H,22,25)/b21-14-. The number of amides is 1. The van der Waals surface area contributed by atoms with Gasteiger partial charge < -0.3 is 10.0 Å². The van der Waals surface area contributed by atoms with Gasteiger partial charge in [0, 0.05) is 24.3 Å². The van der Waals surface area contributed by atoms with Gasteiger partial charge in [-0.3, -0.25) is 4.79 Å². The predicted octanol–water partition coefficient (Wildman–Crippen LogP) is 2.89. The molecule has 0 aliphatic rings. The van der Waals surface area contributed by atoms with Gasteiger partial charge in [0.05, 0.1) is 12.8 Å². The first-order valence-electron chi connectivity index (χ1n) is 8.42. The molecule has 0 radical (unpaired) electrons. The number of carbonyl (C=O) groups excluding carboxylic acids is 1. The number of rotatable bonds is 7. The van der Waals surface area contributed by atoms with Crippen LogP contribution in [0.5, 0.6) is 0 Å². The second kappa shape index (κ2) is 8.99. The Morgan fingerprint density at radius 2 is 1.96 bits per heavy atom. The Morgan fingerprint density at radius 1 is 1.20 bits per heavy atom. The number of aliphatic hydroxyl groups excluding tert-OH is 1. The van der Waals surface area contributed by atoms with Gasteiger partial charge in [-0.2, -0.15) is 5.10 Å². The minimum Gasteiger partial charge on any atom is -0.395 e. The summed E-state index contributed by atoms with van der Waals surface area (Å²) in [7, 11) is 0. The number of carbonyl (C=O) groups is 1. The smallest absolute Gasteiger partial charge is 0.271 e. The number of hydrazone groups is 1. The van der Waals surface area contributed by atoms with E-state index in [1.807, 2.05) is 44.2 Å². The number of aryl methyl sites for hydroxylation is 2. The van der Waals surface area contributed by atoms with Crippen molar-refractivity contribution in [3.8, 4) is 0 Å². The van der Waals surface area contributed by atoms with E-state index in [0.717, 1.165) is 28.9 Å². The number of hydrogen-bond donors (Lipinski definition) is 2. The van der Waals surface area contributed by atoms with Crippen LogP contribution in [0, 0.1) is 13.8 Å². The van der Waals surface area contributed by atoms with E-state index in [4.69, 9.17) is 5.11 Å². The van der Waals surface area contributed by atoms with Crippen molar-refractivity contribution < 1.29 is 9.90 Å². The monoisotopic (exact) mass is 339 g/mol. The molecule has 0 bridgehead atoms. The maximum absolute atomic E-state index is 12.1. The van der Waals surface area contributed by atoms with Crippen molar-refractivity contribution >= 4 is 17.8 Å². The fourth-order valence-electron chi connectivity index (χ4n) is 2.64. The Balaban J connectivity index is 2.06. The van der Waals surface area contributed by atoms with Crippen LogP contribution in [0.3, 0.4) is 0 Å². The molecule has 5 nitrogen and oxygen atoms in total. The Hall–Kier alpha value is -2.66. The summed E-state index contributed by atoms with van der Waals surface area (Å²) in [5, 5.41) is 13.2. The highest BCUT2D eigenvalue weighted by molar-refractivity contribution is 5.96. The summed E-state index contributed by atoms with van der Waals surface area (Å²) in [6, 6.07) is 13.4. The van der Waals surface area contributed by atoms with E-state index in [1.165, 1.54) is 0 Å². The molecule has 0 spiro atoms. The first kappa shape index (κ1) is 18.7. The molecule has 2 N–H and O–H groups in total. The first-order valence-corrected chi connectivity index (χ1v) is 8.42. The number of nitrogens with zero attached hydrogens (tertiary/aromatic N) is 2. The van der Waals surface area contributed by atoms with Crippen LogP contribution in [-0.4, -0.2) is 36.9 Å². The Labute approximate surface area is 149 Å². The van der Waals surface area contributed by atoms with E-state index >= 15 is 0 Å². The minimum absolute atomic E-state index is 0.126. The van der Waals surface area contributed by atoms with Gasteiger partial charge in [0.1, 0.15) is 0 Å². The third kappa shape index (κ3) is 4.90. The molecule has 132 valence electrons. The molecule has 0 heterocycles. The van der Waals surface area contributed by atoms with E-state index in [-0.39, 0.29) is 12.5 Å². The second-order valence-electron chi connectivity index (χ2n) is 5.86. The average molecular weight is 339 g/mol. The lowest BCUT2D eigenvalue weighted by molar-refractivity contribution is 0.0954. The van der Waals surface area contributed by atoms with Gasteiger partial charge in [0.25, 0.3) is 5.91 Å². The highest BCUT2D eigenvalue weighted by Gasteiger charge is 2.07. The SMILES string of the molecule is CCN(CCO)c1ccc(/C=N\NC(=O)c2ccccc2C)c(C)c1. The molecule has 2 aromatic carbocycles. The molecule has 0 unspecified atom stereocenters. The molecule has 2 rings (SSSR count). The van der Waals surface area contributed by atoms with Gasteiger partial charge in [0.2, 0.25) is 0 Å². The zero-order valence-electron chi connectivity index (χ0n) is 15.0. The molecular weight excluding hydrogens is 314 g/mol. The summed E-state index contributed by atoms with van der Waals surface area (Å²) >= 11 is 0. The zero-order valence-corrected chi connectivity index (χ0v) is 15.0. The van der Waals surface area contributed by atoms with Gasteiger partial charge in [-0.15, -0.1) is 0 Å². The largest absolute Gasteiger partial charge is 0.395 e. The van der Waals surface area contributed by atoms with Crippen molar-refractivity contribution in [2.24, 2.45) is 5.10 Å². The van der Waals surface area contributed by atoms with Gasteiger partial charge in [-0.05, 0) is 55.7 Å². The van der Waals surface area contributed by atoms with Crippen molar-refractivity contribution in [3.63, 3.8) is 0 Å². The Bertz CT molecular complexity index is 756. The number of hydrogen-bond acceptors (Lipinski definition) is 4. The van der Waals surface area contributed by atoms with Crippen LogP contribution in [0.4, 0.5) is 5.69 Å². The van der Waals surface area contributed by atoms with E-state index < -0.39 is 0 Å². The number of benzene rings is 2. The van der Waals surface area contributed by atoms with Crippen molar-refractivity contribution in [2.75, 3.05) is 24.6 Å². The number of anilines is 1. The average Bonchev–Trinajstić information content (AvgIpc) is 2.61. The van der Waals surface area contributed by atoms with E-state index in [9.17, 15) is 4.79 Å². The van der Waals surface area contributed by atoms with E-state index in [0.29, 0.717) is 12.1 Å². The van der Waals surface area contributed by atoms with E-state index in [2.05, 4.69) is 28.4 Å². The van der Waals surface area contributed by atoms with Gasteiger partial charge in [-0.1, -0.05) is 24.3 Å². The van der Waals surface area contributed by atoms with Crippen molar-refractivity contribution in [3.05, 3.63) is 64.7 Å². The van der Waals surface area contributed by atoms with Crippen LogP contribution >= 0.6 is 0 Å². The fraction of sp³-hybridized carbons (Fsp3) is 0.300. The molecule has 0 aliphatic carbocycles. The maximum atomic E-state index is 12.1. The molecule has 2 aromatic rings. The number of nitrogens with one attached hydrogen (secondary N) is 1. The molecular formula is C20H25N3O2. The van der Waals surface area contributed by atoms with Crippen molar-refractivity contribution in [2.45, 2.75) is 20.8 Å². The normalized spacial score (nSPS) is 10.9. The van der Waals surface area contributed by atoms with Crippen LogP contribution in [-0.2, 0) is 0 Å². The summed E-state index contributed by atoms with van der Waals surface area (Å²) in [6.07, 6.45) is 1.65.